The number of alkyl halides is 3. The maximum absolute atomic E-state index is 12.5. The third kappa shape index (κ3) is 3.21. The molecule has 1 saturated carbocycles. The highest BCUT2D eigenvalue weighted by molar-refractivity contribution is 4.93. The Kier molecular flexibility index (Phi) is 4.16. The van der Waals surface area contributed by atoms with Gasteiger partial charge in [0.25, 0.3) is 0 Å². The van der Waals surface area contributed by atoms with Gasteiger partial charge in [0.15, 0.2) is 0 Å². The predicted molar refractivity (Wildman–Crippen MR) is 50.5 cm³/mol. The Morgan fingerprint density at radius 2 is 1.80 bits per heavy atom. The first-order chi connectivity index (χ1) is 6.96. The molecule has 0 aromatic heterocycles. The fourth-order valence-corrected chi connectivity index (χ4v) is 1.96. The van der Waals surface area contributed by atoms with E-state index in [-0.39, 0.29) is 6.04 Å². The Labute approximate surface area is 87.3 Å². The van der Waals surface area contributed by atoms with Crippen LogP contribution in [0.2, 0.25) is 0 Å². The highest BCUT2D eigenvalue weighted by Gasteiger charge is 2.43. The summed E-state index contributed by atoms with van der Waals surface area (Å²) in [6, 6.07) is -2.33. The van der Waals surface area contributed by atoms with E-state index in [4.69, 9.17) is 0 Å². The van der Waals surface area contributed by atoms with Gasteiger partial charge in [-0.3, -0.25) is 0 Å². The SMILES string of the molecule is C=CC(N(O)C1CCCCC1)C(F)(F)F. The Morgan fingerprint density at radius 1 is 1.27 bits per heavy atom. The van der Waals surface area contributed by atoms with Gasteiger partial charge in [0.05, 0.1) is 0 Å². The summed E-state index contributed by atoms with van der Waals surface area (Å²) in [7, 11) is 0. The number of hydrogen-bond acceptors (Lipinski definition) is 2. The van der Waals surface area contributed by atoms with Crippen LogP contribution in [0, 0.1) is 0 Å². The van der Waals surface area contributed by atoms with Crippen molar-refractivity contribution in [2.45, 2.75) is 50.4 Å². The second kappa shape index (κ2) is 4.99. The van der Waals surface area contributed by atoms with Crippen LogP contribution in [0.3, 0.4) is 0 Å². The summed E-state index contributed by atoms with van der Waals surface area (Å²) in [6.45, 7) is 3.12. The molecule has 1 fully saturated rings. The molecule has 0 bridgehead atoms. The zero-order valence-corrected chi connectivity index (χ0v) is 8.50. The number of rotatable bonds is 3. The van der Waals surface area contributed by atoms with Crippen molar-refractivity contribution in [3.8, 4) is 0 Å². The molecule has 88 valence electrons. The van der Waals surface area contributed by atoms with Gasteiger partial charge in [0.1, 0.15) is 6.04 Å². The van der Waals surface area contributed by atoms with Crippen molar-refractivity contribution in [1.82, 2.24) is 5.06 Å². The first kappa shape index (κ1) is 12.5. The van der Waals surface area contributed by atoms with Crippen molar-refractivity contribution in [2.24, 2.45) is 0 Å². The van der Waals surface area contributed by atoms with Crippen molar-refractivity contribution in [3.63, 3.8) is 0 Å². The molecule has 1 N–H and O–H groups in total. The van der Waals surface area contributed by atoms with Crippen LogP contribution in [-0.2, 0) is 0 Å². The molecule has 0 radical (unpaired) electrons. The minimum Gasteiger partial charge on any atom is -0.313 e. The average Bonchev–Trinajstić information content (AvgIpc) is 2.18. The van der Waals surface area contributed by atoms with Crippen LogP contribution < -0.4 is 0 Å². The van der Waals surface area contributed by atoms with Crippen molar-refractivity contribution in [1.29, 1.82) is 0 Å². The molecule has 0 saturated heterocycles. The molecular formula is C10H16F3NO. The third-order valence-corrected chi connectivity index (χ3v) is 2.79. The van der Waals surface area contributed by atoms with Crippen molar-refractivity contribution in [2.75, 3.05) is 0 Å². The van der Waals surface area contributed by atoms with Gasteiger partial charge in [-0.2, -0.15) is 18.2 Å². The zero-order valence-electron chi connectivity index (χ0n) is 8.50. The number of hydroxylamine groups is 2. The molecule has 0 heterocycles. The van der Waals surface area contributed by atoms with Gasteiger partial charge in [0, 0.05) is 6.04 Å². The molecule has 0 amide bonds. The molecule has 0 spiro atoms. The van der Waals surface area contributed by atoms with E-state index in [2.05, 4.69) is 6.58 Å². The molecule has 1 rings (SSSR count). The highest BCUT2D eigenvalue weighted by Crippen LogP contribution is 2.30. The lowest BCUT2D eigenvalue weighted by Gasteiger charge is -2.34. The lowest BCUT2D eigenvalue weighted by Crippen LogP contribution is -2.48. The molecule has 2 nitrogen and oxygen atoms in total. The van der Waals surface area contributed by atoms with Crippen LogP contribution in [0.5, 0.6) is 0 Å². The van der Waals surface area contributed by atoms with E-state index in [0.29, 0.717) is 17.9 Å². The first-order valence-corrected chi connectivity index (χ1v) is 5.13. The molecule has 0 aromatic rings. The van der Waals surface area contributed by atoms with Gasteiger partial charge in [0.2, 0.25) is 0 Å². The van der Waals surface area contributed by atoms with Crippen LogP contribution >= 0.6 is 0 Å². The van der Waals surface area contributed by atoms with E-state index >= 15 is 0 Å². The number of halogens is 3. The Hall–Kier alpha value is -0.550. The van der Waals surface area contributed by atoms with Gasteiger partial charge < -0.3 is 5.21 Å². The van der Waals surface area contributed by atoms with Gasteiger partial charge in [-0.1, -0.05) is 25.3 Å². The summed E-state index contributed by atoms with van der Waals surface area (Å²) in [6.07, 6.45) is 0.332. The minimum absolute atomic E-state index is 0.386. The maximum Gasteiger partial charge on any atom is 0.409 e. The summed E-state index contributed by atoms with van der Waals surface area (Å²) in [5, 5.41) is 9.93. The summed E-state index contributed by atoms with van der Waals surface area (Å²) in [5.74, 6) is 0. The maximum atomic E-state index is 12.5. The van der Waals surface area contributed by atoms with Crippen molar-refractivity contribution >= 4 is 0 Å². The summed E-state index contributed by atoms with van der Waals surface area (Å²) in [4.78, 5) is 0. The second-order valence-electron chi connectivity index (χ2n) is 3.89. The summed E-state index contributed by atoms with van der Waals surface area (Å²) >= 11 is 0. The third-order valence-electron chi connectivity index (χ3n) is 2.79. The largest absolute Gasteiger partial charge is 0.409 e. The van der Waals surface area contributed by atoms with Crippen LogP contribution in [0.4, 0.5) is 13.2 Å². The standard InChI is InChI=1S/C10H16F3NO/c1-2-9(10(11,12)13)14(15)8-6-4-3-5-7-8/h2,8-9,15H,1,3-7H2. The minimum atomic E-state index is -4.45. The molecule has 1 unspecified atom stereocenters. The Balaban J connectivity index is 2.63. The van der Waals surface area contributed by atoms with Crippen LogP contribution in [0.1, 0.15) is 32.1 Å². The van der Waals surface area contributed by atoms with E-state index in [0.717, 1.165) is 25.3 Å². The first-order valence-electron chi connectivity index (χ1n) is 5.13. The Morgan fingerprint density at radius 3 is 2.20 bits per heavy atom. The smallest absolute Gasteiger partial charge is 0.313 e. The lowest BCUT2D eigenvalue weighted by atomic mass is 9.94. The van der Waals surface area contributed by atoms with E-state index in [9.17, 15) is 18.4 Å². The molecule has 1 atom stereocenters. The van der Waals surface area contributed by atoms with Crippen LogP contribution in [0.15, 0.2) is 12.7 Å². The second-order valence-corrected chi connectivity index (χ2v) is 3.89. The van der Waals surface area contributed by atoms with E-state index in [1.165, 1.54) is 0 Å². The van der Waals surface area contributed by atoms with Crippen LogP contribution in [0.25, 0.3) is 0 Å². The molecule has 1 aliphatic rings. The van der Waals surface area contributed by atoms with Crippen LogP contribution in [-0.4, -0.2) is 28.5 Å². The topological polar surface area (TPSA) is 23.5 Å². The quantitative estimate of drug-likeness (QED) is 0.587. The molecule has 0 aliphatic heterocycles. The van der Waals surface area contributed by atoms with Gasteiger partial charge in [-0.05, 0) is 12.8 Å². The molecular weight excluding hydrogens is 207 g/mol. The summed E-state index contributed by atoms with van der Waals surface area (Å²) < 4.78 is 37.4. The fraction of sp³-hybridized carbons (Fsp3) is 0.800. The lowest BCUT2D eigenvalue weighted by molar-refractivity contribution is -0.254. The number of nitrogens with zero attached hydrogens (tertiary/aromatic N) is 1. The Bertz CT molecular complexity index is 211. The molecule has 1 aliphatic carbocycles. The predicted octanol–water partition coefficient (Wildman–Crippen LogP) is 3.13. The fourth-order valence-electron chi connectivity index (χ4n) is 1.96. The molecule has 0 aromatic carbocycles. The zero-order chi connectivity index (χ0) is 11.5. The highest BCUT2D eigenvalue weighted by atomic mass is 19.4. The van der Waals surface area contributed by atoms with Crippen molar-refractivity contribution < 1.29 is 18.4 Å². The van der Waals surface area contributed by atoms with Gasteiger partial charge in [-0.25, -0.2) is 0 Å². The van der Waals surface area contributed by atoms with Crippen molar-refractivity contribution in [3.05, 3.63) is 12.7 Å². The van der Waals surface area contributed by atoms with E-state index in [1.54, 1.807) is 0 Å². The number of hydrogen-bond donors (Lipinski definition) is 1. The summed E-state index contributed by atoms with van der Waals surface area (Å²) in [5.41, 5.74) is 0. The molecule has 5 heteroatoms. The van der Waals surface area contributed by atoms with E-state index < -0.39 is 12.2 Å². The van der Waals surface area contributed by atoms with Gasteiger partial charge in [-0.15, -0.1) is 6.58 Å². The normalized spacial score (nSPS) is 21.7. The molecule has 15 heavy (non-hydrogen) atoms. The van der Waals surface area contributed by atoms with Gasteiger partial charge >= 0.3 is 6.18 Å². The average molecular weight is 223 g/mol. The van der Waals surface area contributed by atoms with E-state index in [1.807, 2.05) is 0 Å². The monoisotopic (exact) mass is 223 g/mol.